The Balaban J connectivity index is 2.29. The van der Waals surface area contributed by atoms with E-state index >= 15 is 0 Å². The standard InChI is InChI=1S/C13H28N2O2/c1-11(2)12(15-7-5-6-8-15)9-14-10-13(16-3)17-4/h11-14H,5-10H2,1-4H3. The number of nitrogens with zero attached hydrogens (tertiary/aromatic N) is 1. The van der Waals surface area contributed by atoms with E-state index in [1.165, 1.54) is 25.9 Å². The van der Waals surface area contributed by atoms with Crippen molar-refractivity contribution in [2.45, 2.75) is 39.0 Å². The lowest BCUT2D eigenvalue weighted by molar-refractivity contribution is -0.0992. The van der Waals surface area contributed by atoms with Crippen LogP contribution in [0.15, 0.2) is 0 Å². The van der Waals surface area contributed by atoms with Crippen LogP contribution >= 0.6 is 0 Å². The minimum Gasteiger partial charge on any atom is -0.355 e. The van der Waals surface area contributed by atoms with E-state index in [1.54, 1.807) is 14.2 Å². The molecule has 1 atom stereocenters. The lowest BCUT2D eigenvalue weighted by atomic mass is 10.0. The second kappa shape index (κ2) is 8.03. The van der Waals surface area contributed by atoms with Crippen molar-refractivity contribution in [3.8, 4) is 0 Å². The van der Waals surface area contributed by atoms with E-state index in [0.29, 0.717) is 12.0 Å². The van der Waals surface area contributed by atoms with Crippen molar-refractivity contribution in [1.82, 2.24) is 10.2 Å². The molecule has 1 rings (SSSR count). The Labute approximate surface area is 106 Å². The summed E-state index contributed by atoms with van der Waals surface area (Å²) >= 11 is 0. The monoisotopic (exact) mass is 244 g/mol. The van der Waals surface area contributed by atoms with Crippen molar-refractivity contribution in [3.05, 3.63) is 0 Å². The summed E-state index contributed by atoms with van der Waals surface area (Å²) in [7, 11) is 3.35. The Kier molecular flexibility index (Phi) is 7.04. The van der Waals surface area contributed by atoms with Gasteiger partial charge in [0.1, 0.15) is 0 Å². The highest BCUT2D eigenvalue weighted by atomic mass is 16.7. The molecule has 0 aromatic rings. The van der Waals surface area contributed by atoms with Crippen LogP contribution in [0.5, 0.6) is 0 Å². The van der Waals surface area contributed by atoms with E-state index in [0.717, 1.165) is 13.1 Å². The summed E-state index contributed by atoms with van der Waals surface area (Å²) in [4.78, 5) is 2.60. The quantitative estimate of drug-likeness (QED) is 0.653. The molecular formula is C13H28N2O2. The SMILES string of the molecule is COC(CNCC(C(C)C)N1CCCC1)OC. The van der Waals surface area contributed by atoms with Crippen LogP contribution in [-0.2, 0) is 9.47 Å². The van der Waals surface area contributed by atoms with Gasteiger partial charge in [-0.1, -0.05) is 13.8 Å². The second-order valence-electron chi connectivity index (χ2n) is 5.11. The zero-order chi connectivity index (χ0) is 12.7. The molecular weight excluding hydrogens is 216 g/mol. The third kappa shape index (κ3) is 4.92. The molecule has 0 bridgehead atoms. The third-order valence-corrected chi connectivity index (χ3v) is 3.57. The Morgan fingerprint density at radius 3 is 2.12 bits per heavy atom. The number of likely N-dealkylation sites (tertiary alicyclic amines) is 1. The molecule has 0 radical (unpaired) electrons. The number of rotatable bonds is 8. The third-order valence-electron chi connectivity index (χ3n) is 3.57. The highest BCUT2D eigenvalue weighted by molar-refractivity contribution is 4.80. The zero-order valence-corrected chi connectivity index (χ0v) is 11.7. The van der Waals surface area contributed by atoms with Crippen LogP contribution < -0.4 is 5.32 Å². The fourth-order valence-electron chi connectivity index (χ4n) is 2.47. The largest absolute Gasteiger partial charge is 0.355 e. The van der Waals surface area contributed by atoms with Gasteiger partial charge >= 0.3 is 0 Å². The molecule has 1 fully saturated rings. The van der Waals surface area contributed by atoms with Crippen molar-refractivity contribution in [2.75, 3.05) is 40.4 Å². The Morgan fingerprint density at radius 1 is 1.06 bits per heavy atom. The molecule has 1 unspecified atom stereocenters. The van der Waals surface area contributed by atoms with Gasteiger partial charge in [-0.25, -0.2) is 0 Å². The molecule has 0 amide bonds. The topological polar surface area (TPSA) is 33.7 Å². The molecule has 17 heavy (non-hydrogen) atoms. The van der Waals surface area contributed by atoms with Crippen molar-refractivity contribution in [3.63, 3.8) is 0 Å². The Morgan fingerprint density at radius 2 is 1.65 bits per heavy atom. The highest BCUT2D eigenvalue weighted by Gasteiger charge is 2.24. The summed E-state index contributed by atoms with van der Waals surface area (Å²) in [6.45, 7) is 8.87. The lowest BCUT2D eigenvalue weighted by Gasteiger charge is -2.31. The molecule has 0 aromatic heterocycles. The summed E-state index contributed by atoms with van der Waals surface area (Å²) in [5, 5.41) is 3.45. The lowest BCUT2D eigenvalue weighted by Crippen LogP contribution is -2.45. The molecule has 1 N–H and O–H groups in total. The maximum atomic E-state index is 5.17. The van der Waals surface area contributed by atoms with Crippen molar-refractivity contribution >= 4 is 0 Å². The molecule has 0 spiro atoms. The Hall–Kier alpha value is -0.160. The number of nitrogens with one attached hydrogen (secondary N) is 1. The smallest absolute Gasteiger partial charge is 0.169 e. The van der Waals surface area contributed by atoms with Gasteiger partial charge in [0.25, 0.3) is 0 Å². The fourth-order valence-corrected chi connectivity index (χ4v) is 2.47. The second-order valence-corrected chi connectivity index (χ2v) is 5.11. The molecule has 0 saturated carbocycles. The number of ether oxygens (including phenoxy) is 2. The van der Waals surface area contributed by atoms with Gasteiger partial charge in [-0.3, -0.25) is 4.90 Å². The summed E-state index contributed by atoms with van der Waals surface area (Å²) in [5.74, 6) is 0.684. The number of methoxy groups -OCH3 is 2. The zero-order valence-electron chi connectivity index (χ0n) is 11.7. The first-order valence-corrected chi connectivity index (χ1v) is 6.69. The molecule has 1 aliphatic rings. The van der Waals surface area contributed by atoms with Gasteiger partial charge in [-0.05, 0) is 31.8 Å². The van der Waals surface area contributed by atoms with E-state index in [4.69, 9.17) is 9.47 Å². The average Bonchev–Trinajstić information content (AvgIpc) is 2.82. The van der Waals surface area contributed by atoms with Gasteiger partial charge in [0.15, 0.2) is 6.29 Å². The van der Waals surface area contributed by atoms with Crippen LogP contribution in [0.25, 0.3) is 0 Å². The average molecular weight is 244 g/mol. The Bertz CT molecular complexity index is 190. The maximum Gasteiger partial charge on any atom is 0.169 e. The predicted octanol–water partition coefficient (Wildman–Crippen LogP) is 1.32. The van der Waals surface area contributed by atoms with E-state index in [-0.39, 0.29) is 6.29 Å². The van der Waals surface area contributed by atoms with Crippen LogP contribution in [0.2, 0.25) is 0 Å². The molecule has 4 heteroatoms. The van der Waals surface area contributed by atoms with E-state index in [2.05, 4.69) is 24.1 Å². The van der Waals surface area contributed by atoms with Crippen molar-refractivity contribution < 1.29 is 9.47 Å². The summed E-state index contributed by atoms with van der Waals surface area (Å²) in [6.07, 6.45) is 2.56. The van der Waals surface area contributed by atoms with Crippen LogP contribution in [-0.4, -0.2) is 57.6 Å². The molecule has 1 heterocycles. The first kappa shape index (κ1) is 14.9. The predicted molar refractivity (Wildman–Crippen MR) is 70.1 cm³/mol. The molecule has 102 valence electrons. The molecule has 4 nitrogen and oxygen atoms in total. The minimum absolute atomic E-state index is 0.138. The van der Waals surface area contributed by atoms with Gasteiger partial charge in [-0.15, -0.1) is 0 Å². The summed E-state index contributed by atoms with van der Waals surface area (Å²) in [6, 6.07) is 0.631. The van der Waals surface area contributed by atoms with Crippen LogP contribution in [0.3, 0.4) is 0 Å². The molecule has 0 aromatic carbocycles. The van der Waals surface area contributed by atoms with Crippen LogP contribution in [0.1, 0.15) is 26.7 Å². The highest BCUT2D eigenvalue weighted by Crippen LogP contribution is 2.17. The first-order valence-electron chi connectivity index (χ1n) is 6.69. The van der Waals surface area contributed by atoms with E-state index < -0.39 is 0 Å². The molecule has 0 aliphatic carbocycles. The summed E-state index contributed by atoms with van der Waals surface area (Å²) in [5.41, 5.74) is 0. The maximum absolute atomic E-state index is 5.17. The number of hydrogen-bond acceptors (Lipinski definition) is 4. The molecule has 1 aliphatic heterocycles. The first-order chi connectivity index (χ1) is 8.19. The molecule has 1 saturated heterocycles. The van der Waals surface area contributed by atoms with Gasteiger partial charge in [0, 0.05) is 33.4 Å². The number of hydrogen-bond donors (Lipinski definition) is 1. The van der Waals surface area contributed by atoms with Gasteiger partial charge in [0.2, 0.25) is 0 Å². The van der Waals surface area contributed by atoms with Crippen LogP contribution in [0, 0.1) is 5.92 Å². The van der Waals surface area contributed by atoms with Crippen molar-refractivity contribution in [2.24, 2.45) is 5.92 Å². The van der Waals surface area contributed by atoms with Crippen molar-refractivity contribution in [1.29, 1.82) is 0 Å². The normalized spacial score (nSPS) is 19.4. The summed E-state index contributed by atoms with van der Waals surface area (Å²) < 4.78 is 10.3. The van der Waals surface area contributed by atoms with E-state index in [1.807, 2.05) is 0 Å². The van der Waals surface area contributed by atoms with E-state index in [9.17, 15) is 0 Å². The fraction of sp³-hybridized carbons (Fsp3) is 1.00. The van der Waals surface area contributed by atoms with Gasteiger partial charge < -0.3 is 14.8 Å². The minimum atomic E-state index is -0.138. The van der Waals surface area contributed by atoms with Gasteiger partial charge in [0.05, 0.1) is 0 Å². The van der Waals surface area contributed by atoms with Gasteiger partial charge in [-0.2, -0.15) is 0 Å². The van der Waals surface area contributed by atoms with Crippen LogP contribution in [0.4, 0.5) is 0 Å².